The first-order valence-electron chi connectivity index (χ1n) is 11.8. The molecule has 0 saturated carbocycles. The molecule has 6 heteroatoms. The molecular formula is C28H27ClN2O3. The van der Waals surface area contributed by atoms with Crippen LogP contribution in [0.3, 0.4) is 0 Å². The van der Waals surface area contributed by atoms with E-state index in [-0.39, 0.29) is 17.9 Å². The highest BCUT2D eigenvalue weighted by molar-refractivity contribution is 6.34. The Hall–Kier alpha value is -3.31. The average molecular weight is 475 g/mol. The third-order valence-electron chi connectivity index (χ3n) is 6.69. The molecule has 1 aliphatic carbocycles. The number of anilines is 1. The Labute approximate surface area is 204 Å². The van der Waals surface area contributed by atoms with Gasteiger partial charge in [-0.15, -0.1) is 0 Å². The molecule has 1 N–H and O–H groups in total. The van der Waals surface area contributed by atoms with Gasteiger partial charge in [0.15, 0.2) is 6.10 Å². The van der Waals surface area contributed by atoms with E-state index in [0.29, 0.717) is 35.0 Å². The van der Waals surface area contributed by atoms with Crippen molar-refractivity contribution in [2.24, 2.45) is 0 Å². The minimum Gasteiger partial charge on any atom is -0.480 e. The highest BCUT2D eigenvalue weighted by Gasteiger charge is 2.36. The number of nitrogens with zero attached hydrogens (tertiary/aromatic N) is 1. The van der Waals surface area contributed by atoms with Crippen LogP contribution in [0.5, 0.6) is 5.75 Å². The van der Waals surface area contributed by atoms with Gasteiger partial charge >= 0.3 is 0 Å². The summed E-state index contributed by atoms with van der Waals surface area (Å²) in [6.45, 7) is 2.40. The van der Waals surface area contributed by atoms with Crippen LogP contribution in [0.25, 0.3) is 0 Å². The molecule has 1 aliphatic heterocycles. The van der Waals surface area contributed by atoms with Crippen molar-refractivity contribution >= 4 is 29.1 Å². The summed E-state index contributed by atoms with van der Waals surface area (Å²) in [6.07, 6.45) is 3.08. The summed E-state index contributed by atoms with van der Waals surface area (Å²) in [4.78, 5) is 28.3. The summed E-state index contributed by atoms with van der Waals surface area (Å²) in [7, 11) is 0. The van der Waals surface area contributed by atoms with Gasteiger partial charge in [0.2, 0.25) is 0 Å². The van der Waals surface area contributed by atoms with Gasteiger partial charge in [0, 0.05) is 11.3 Å². The minimum absolute atomic E-state index is 0.0158. The number of aryl methyl sites for hydroxylation is 1. The van der Waals surface area contributed by atoms with Crippen molar-refractivity contribution in [3.05, 3.63) is 94.0 Å². The van der Waals surface area contributed by atoms with Gasteiger partial charge in [-0.05, 0) is 67.1 Å². The zero-order valence-corrected chi connectivity index (χ0v) is 19.8. The summed E-state index contributed by atoms with van der Waals surface area (Å²) in [6, 6.07) is 20.9. The quantitative estimate of drug-likeness (QED) is 0.492. The fourth-order valence-electron chi connectivity index (χ4n) is 4.96. The van der Waals surface area contributed by atoms with Gasteiger partial charge in [-0.25, -0.2) is 0 Å². The molecule has 1 heterocycles. The van der Waals surface area contributed by atoms with E-state index in [2.05, 4.69) is 23.5 Å². The van der Waals surface area contributed by atoms with Gasteiger partial charge in [0.25, 0.3) is 11.8 Å². The van der Waals surface area contributed by atoms with E-state index >= 15 is 0 Å². The summed E-state index contributed by atoms with van der Waals surface area (Å²) < 4.78 is 6.17. The van der Waals surface area contributed by atoms with E-state index in [1.165, 1.54) is 11.1 Å². The molecule has 0 saturated heterocycles. The van der Waals surface area contributed by atoms with Crippen LogP contribution in [-0.4, -0.2) is 22.8 Å². The Bertz CT molecular complexity index is 1240. The standard InChI is InChI=1S/C28H27ClN2O3/c1-2-25-28(33)31(24-13-7-9-18-8-3-4-10-21(18)24)17-19-16-20(14-15-26(19)34-25)30-27(32)22-11-5-6-12-23(22)29/h3-6,8,10-12,14-16,24-25H,2,7,9,13,17H2,1H3,(H,30,32). The third kappa shape index (κ3) is 4.28. The summed E-state index contributed by atoms with van der Waals surface area (Å²) in [5, 5.41) is 3.33. The Kier molecular flexibility index (Phi) is 6.29. The van der Waals surface area contributed by atoms with Crippen molar-refractivity contribution in [2.75, 3.05) is 5.32 Å². The lowest BCUT2D eigenvalue weighted by Gasteiger charge is -2.36. The predicted molar refractivity (Wildman–Crippen MR) is 133 cm³/mol. The maximum absolute atomic E-state index is 13.6. The SMILES string of the molecule is CCC1Oc2ccc(NC(=O)c3ccccc3Cl)cc2CN(C2CCCc3ccccc32)C1=O. The van der Waals surface area contributed by atoms with Crippen molar-refractivity contribution in [2.45, 2.75) is 51.3 Å². The number of carbonyl (C=O) groups is 2. The van der Waals surface area contributed by atoms with Crippen molar-refractivity contribution in [1.82, 2.24) is 4.90 Å². The van der Waals surface area contributed by atoms with Crippen LogP contribution < -0.4 is 10.1 Å². The van der Waals surface area contributed by atoms with Crippen molar-refractivity contribution in [3.8, 4) is 5.75 Å². The van der Waals surface area contributed by atoms with Crippen LogP contribution in [0, 0.1) is 0 Å². The molecule has 2 amide bonds. The van der Waals surface area contributed by atoms with Crippen molar-refractivity contribution in [1.29, 1.82) is 0 Å². The lowest BCUT2D eigenvalue weighted by molar-refractivity contribution is -0.141. The molecule has 2 aliphatic rings. The molecule has 174 valence electrons. The lowest BCUT2D eigenvalue weighted by Crippen LogP contribution is -2.42. The van der Waals surface area contributed by atoms with E-state index in [4.69, 9.17) is 16.3 Å². The summed E-state index contributed by atoms with van der Waals surface area (Å²) in [5.74, 6) is 0.422. The molecule has 2 unspecified atom stereocenters. The molecule has 0 aromatic heterocycles. The van der Waals surface area contributed by atoms with Crippen LogP contribution in [0.4, 0.5) is 5.69 Å². The van der Waals surface area contributed by atoms with Crippen LogP contribution >= 0.6 is 11.6 Å². The molecule has 0 spiro atoms. The molecule has 34 heavy (non-hydrogen) atoms. The van der Waals surface area contributed by atoms with Crippen LogP contribution in [0.15, 0.2) is 66.7 Å². The number of nitrogens with one attached hydrogen (secondary N) is 1. The molecule has 3 aromatic rings. The number of ether oxygens (including phenoxy) is 1. The normalized spacial score (nSPS) is 19.5. The first-order valence-corrected chi connectivity index (χ1v) is 12.2. The van der Waals surface area contributed by atoms with E-state index in [1.807, 2.05) is 30.0 Å². The highest BCUT2D eigenvalue weighted by Crippen LogP contribution is 2.39. The molecule has 0 bridgehead atoms. The van der Waals surface area contributed by atoms with Gasteiger partial charge in [-0.1, -0.05) is 54.9 Å². The monoisotopic (exact) mass is 474 g/mol. The first-order chi connectivity index (χ1) is 16.5. The van der Waals surface area contributed by atoms with E-state index in [0.717, 1.165) is 24.8 Å². The second kappa shape index (κ2) is 9.51. The van der Waals surface area contributed by atoms with E-state index < -0.39 is 6.10 Å². The maximum Gasteiger partial charge on any atom is 0.264 e. The Morgan fingerprint density at radius 3 is 2.71 bits per heavy atom. The fourth-order valence-corrected chi connectivity index (χ4v) is 5.18. The van der Waals surface area contributed by atoms with Crippen LogP contribution in [-0.2, 0) is 17.8 Å². The van der Waals surface area contributed by atoms with E-state index in [9.17, 15) is 9.59 Å². The average Bonchev–Trinajstić information content (AvgIpc) is 2.99. The molecule has 0 radical (unpaired) electrons. The Morgan fingerprint density at radius 1 is 1.09 bits per heavy atom. The number of fused-ring (bicyclic) bond motifs is 2. The number of hydrogen-bond acceptors (Lipinski definition) is 3. The molecule has 0 fully saturated rings. The smallest absolute Gasteiger partial charge is 0.264 e. The van der Waals surface area contributed by atoms with Crippen molar-refractivity contribution in [3.63, 3.8) is 0 Å². The van der Waals surface area contributed by atoms with Crippen LogP contribution in [0.2, 0.25) is 5.02 Å². The second-order valence-electron chi connectivity index (χ2n) is 8.84. The molecule has 3 aromatic carbocycles. The van der Waals surface area contributed by atoms with Crippen molar-refractivity contribution < 1.29 is 14.3 Å². The maximum atomic E-state index is 13.6. The number of benzene rings is 3. The molecular weight excluding hydrogens is 448 g/mol. The van der Waals surface area contributed by atoms with Gasteiger partial charge in [-0.3, -0.25) is 9.59 Å². The minimum atomic E-state index is -0.529. The van der Waals surface area contributed by atoms with Gasteiger partial charge in [-0.2, -0.15) is 0 Å². The third-order valence-corrected chi connectivity index (χ3v) is 7.02. The fraction of sp³-hybridized carbons (Fsp3) is 0.286. The number of halogens is 1. The predicted octanol–water partition coefficient (Wildman–Crippen LogP) is 6.17. The van der Waals surface area contributed by atoms with Crippen LogP contribution in [0.1, 0.15) is 59.3 Å². The lowest BCUT2D eigenvalue weighted by atomic mass is 9.86. The second-order valence-corrected chi connectivity index (χ2v) is 9.25. The van der Waals surface area contributed by atoms with Gasteiger partial charge in [0.1, 0.15) is 5.75 Å². The number of carbonyl (C=O) groups excluding carboxylic acids is 2. The number of amides is 2. The zero-order chi connectivity index (χ0) is 23.7. The van der Waals surface area contributed by atoms with Gasteiger partial charge < -0.3 is 15.0 Å². The summed E-state index contributed by atoms with van der Waals surface area (Å²) >= 11 is 6.19. The molecule has 2 atom stereocenters. The summed E-state index contributed by atoms with van der Waals surface area (Å²) in [5.41, 5.74) is 4.47. The van der Waals surface area contributed by atoms with E-state index in [1.54, 1.807) is 30.3 Å². The zero-order valence-electron chi connectivity index (χ0n) is 19.1. The Balaban J connectivity index is 1.47. The Morgan fingerprint density at radius 2 is 1.88 bits per heavy atom. The first kappa shape index (κ1) is 22.5. The number of rotatable bonds is 4. The number of hydrogen-bond donors (Lipinski definition) is 1. The molecule has 5 rings (SSSR count). The largest absolute Gasteiger partial charge is 0.480 e. The topological polar surface area (TPSA) is 58.6 Å². The van der Waals surface area contributed by atoms with Gasteiger partial charge in [0.05, 0.1) is 23.2 Å². The highest BCUT2D eigenvalue weighted by atomic mass is 35.5. The molecule has 5 nitrogen and oxygen atoms in total.